The SMILES string of the molecule is COCC(C)(N)c1noc(-c2ccccc2I)n1. The molecule has 18 heavy (non-hydrogen) atoms. The summed E-state index contributed by atoms with van der Waals surface area (Å²) in [5, 5.41) is 3.93. The molecular weight excluding hydrogens is 345 g/mol. The molecule has 6 heteroatoms. The second-order valence-corrected chi connectivity index (χ2v) is 5.42. The number of methoxy groups -OCH3 is 1. The number of rotatable bonds is 4. The molecule has 1 heterocycles. The Morgan fingerprint density at radius 3 is 2.83 bits per heavy atom. The van der Waals surface area contributed by atoms with Gasteiger partial charge in [-0.2, -0.15) is 4.98 Å². The van der Waals surface area contributed by atoms with Crippen LogP contribution >= 0.6 is 22.6 Å². The summed E-state index contributed by atoms with van der Waals surface area (Å²) in [5.41, 5.74) is 6.22. The zero-order chi connectivity index (χ0) is 13.2. The third kappa shape index (κ3) is 2.70. The smallest absolute Gasteiger partial charge is 0.259 e. The summed E-state index contributed by atoms with van der Waals surface area (Å²) in [7, 11) is 1.59. The Morgan fingerprint density at radius 1 is 1.44 bits per heavy atom. The fraction of sp³-hybridized carbons (Fsp3) is 0.333. The molecule has 1 aromatic carbocycles. The van der Waals surface area contributed by atoms with Crippen LogP contribution in [0.15, 0.2) is 28.8 Å². The average Bonchev–Trinajstić information content (AvgIpc) is 2.79. The highest BCUT2D eigenvalue weighted by Gasteiger charge is 2.28. The molecule has 0 fully saturated rings. The van der Waals surface area contributed by atoms with E-state index in [2.05, 4.69) is 32.7 Å². The molecule has 2 N–H and O–H groups in total. The molecule has 0 bridgehead atoms. The zero-order valence-corrected chi connectivity index (χ0v) is 12.3. The van der Waals surface area contributed by atoms with E-state index >= 15 is 0 Å². The molecule has 5 nitrogen and oxygen atoms in total. The largest absolute Gasteiger partial charge is 0.382 e. The maximum Gasteiger partial charge on any atom is 0.259 e. The molecule has 96 valence electrons. The van der Waals surface area contributed by atoms with Gasteiger partial charge in [-0.3, -0.25) is 0 Å². The Balaban J connectivity index is 2.34. The first kappa shape index (κ1) is 13.4. The van der Waals surface area contributed by atoms with Crippen molar-refractivity contribution in [3.8, 4) is 11.5 Å². The molecule has 0 aliphatic carbocycles. The predicted molar refractivity (Wildman–Crippen MR) is 75.9 cm³/mol. The molecule has 2 aromatic rings. The van der Waals surface area contributed by atoms with E-state index in [1.165, 1.54) is 0 Å². The molecule has 0 saturated heterocycles. The van der Waals surface area contributed by atoms with E-state index in [9.17, 15) is 0 Å². The lowest BCUT2D eigenvalue weighted by Crippen LogP contribution is -2.38. The van der Waals surface area contributed by atoms with E-state index in [0.29, 0.717) is 18.3 Å². The molecule has 2 rings (SSSR count). The Labute approximate surface area is 119 Å². The van der Waals surface area contributed by atoms with Crippen LogP contribution in [0.3, 0.4) is 0 Å². The predicted octanol–water partition coefficient (Wildman–Crippen LogP) is 2.16. The second kappa shape index (κ2) is 5.33. The van der Waals surface area contributed by atoms with Crippen molar-refractivity contribution in [1.82, 2.24) is 10.1 Å². The molecule has 0 amide bonds. The lowest BCUT2D eigenvalue weighted by molar-refractivity contribution is 0.135. The van der Waals surface area contributed by atoms with Crippen molar-refractivity contribution in [3.63, 3.8) is 0 Å². The van der Waals surface area contributed by atoms with Crippen molar-refractivity contribution in [1.29, 1.82) is 0 Å². The first-order valence-corrected chi connectivity index (χ1v) is 6.49. The highest BCUT2D eigenvalue weighted by molar-refractivity contribution is 14.1. The van der Waals surface area contributed by atoms with Crippen LogP contribution in [0.2, 0.25) is 0 Å². The summed E-state index contributed by atoms with van der Waals surface area (Å²) in [6, 6.07) is 7.80. The van der Waals surface area contributed by atoms with E-state index < -0.39 is 5.54 Å². The van der Waals surface area contributed by atoms with Gasteiger partial charge >= 0.3 is 0 Å². The number of nitrogens with two attached hydrogens (primary N) is 1. The van der Waals surface area contributed by atoms with Gasteiger partial charge in [0.25, 0.3) is 5.89 Å². The van der Waals surface area contributed by atoms with E-state index in [4.69, 9.17) is 15.0 Å². The summed E-state index contributed by atoms with van der Waals surface area (Å²) in [4.78, 5) is 4.34. The van der Waals surface area contributed by atoms with Gasteiger partial charge in [0, 0.05) is 10.7 Å². The van der Waals surface area contributed by atoms with Crippen molar-refractivity contribution in [2.45, 2.75) is 12.5 Å². The molecule has 1 aromatic heterocycles. The van der Waals surface area contributed by atoms with E-state index in [1.807, 2.05) is 24.3 Å². The van der Waals surface area contributed by atoms with Gasteiger partial charge in [0.15, 0.2) is 5.82 Å². The molecular formula is C12H14IN3O2. The van der Waals surface area contributed by atoms with Crippen LogP contribution in [0.4, 0.5) is 0 Å². The van der Waals surface area contributed by atoms with Gasteiger partial charge in [0.2, 0.25) is 0 Å². The molecule has 0 spiro atoms. The number of hydrogen-bond donors (Lipinski definition) is 1. The minimum Gasteiger partial charge on any atom is -0.382 e. The van der Waals surface area contributed by atoms with E-state index in [0.717, 1.165) is 9.13 Å². The summed E-state index contributed by atoms with van der Waals surface area (Å²) >= 11 is 2.23. The minimum absolute atomic E-state index is 0.331. The summed E-state index contributed by atoms with van der Waals surface area (Å²) < 4.78 is 11.4. The van der Waals surface area contributed by atoms with Crippen molar-refractivity contribution >= 4 is 22.6 Å². The summed E-state index contributed by atoms with van der Waals surface area (Å²) in [6.45, 7) is 2.14. The third-order valence-corrected chi connectivity index (χ3v) is 3.43. The number of aromatic nitrogens is 2. The van der Waals surface area contributed by atoms with Gasteiger partial charge in [-0.15, -0.1) is 0 Å². The van der Waals surface area contributed by atoms with Gasteiger partial charge in [0.05, 0.1) is 12.2 Å². The van der Waals surface area contributed by atoms with Crippen LogP contribution < -0.4 is 5.73 Å². The topological polar surface area (TPSA) is 74.2 Å². The number of benzene rings is 1. The standard InChI is InChI=1S/C12H14IN3O2/c1-12(14,7-17-2)11-15-10(18-16-11)8-5-3-4-6-9(8)13/h3-6H,7,14H2,1-2H3. The third-order valence-electron chi connectivity index (χ3n) is 2.49. The molecule has 1 atom stereocenters. The first-order valence-electron chi connectivity index (χ1n) is 5.41. The highest BCUT2D eigenvalue weighted by atomic mass is 127. The van der Waals surface area contributed by atoms with Crippen LogP contribution in [-0.2, 0) is 10.3 Å². The van der Waals surface area contributed by atoms with Gasteiger partial charge in [-0.05, 0) is 41.6 Å². The van der Waals surface area contributed by atoms with Gasteiger partial charge in [0.1, 0.15) is 5.54 Å². The summed E-state index contributed by atoms with van der Waals surface area (Å²) in [6.07, 6.45) is 0. The van der Waals surface area contributed by atoms with Crippen LogP contribution in [0.25, 0.3) is 11.5 Å². The van der Waals surface area contributed by atoms with E-state index in [1.54, 1.807) is 14.0 Å². The van der Waals surface area contributed by atoms with Crippen molar-refractivity contribution in [2.75, 3.05) is 13.7 Å². The van der Waals surface area contributed by atoms with Crippen LogP contribution in [0.5, 0.6) is 0 Å². The molecule has 1 unspecified atom stereocenters. The summed E-state index contributed by atoms with van der Waals surface area (Å²) in [5.74, 6) is 0.918. The number of hydrogen-bond acceptors (Lipinski definition) is 5. The first-order chi connectivity index (χ1) is 8.54. The number of ether oxygens (including phenoxy) is 1. The average molecular weight is 359 g/mol. The lowest BCUT2D eigenvalue weighted by atomic mass is 10.1. The second-order valence-electron chi connectivity index (χ2n) is 4.25. The molecule has 0 aliphatic heterocycles. The van der Waals surface area contributed by atoms with Gasteiger partial charge in [-0.1, -0.05) is 17.3 Å². The number of halogens is 1. The van der Waals surface area contributed by atoms with Crippen LogP contribution in [0, 0.1) is 3.57 Å². The minimum atomic E-state index is -0.753. The quantitative estimate of drug-likeness (QED) is 0.847. The maximum atomic E-state index is 6.07. The van der Waals surface area contributed by atoms with Crippen LogP contribution in [0.1, 0.15) is 12.7 Å². The van der Waals surface area contributed by atoms with Gasteiger partial charge < -0.3 is 15.0 Å². The van der Waals surface area contributed by atoms with Crippen molar-refractivity contribution < 1.29 is 9.26 Å². The Kier molecular flexibility index (Phi) is 3.98. The highest BCUT2D eigenvalue weighted by Crippen LogP contribution is 2.25. The molecule has 0 radical (unpaired) electrons. The van der Waals surface area contributed by atoms with Crippen LogP contribution in [-0.4, -0.2) is 23.9 Å². The fourth-order valence-corrected chi connectivity index (χ4v) is 2.18. The fourth-order valence-electron chi connectivity index (χ4n) is 1.56. The van der Waals surface area contributed by atoms with Crippen molar-refractivity contribution in [3.05, 3.63) is 33.7 Å². The maximum absolute atomic E-state index is 6.07. The van der Waals surface area contributed by atoms with E-state index in [-0.39, 0.29) is 0 Å². The zero-order valence-electron chi connectivity index (χ0n) is 10.2. The molecule has 0 saturated carbocycles. The normalized spacial score (nSPS) is 14.4. The Hall–Kier alpha value is -0.990. The van der Waals surface area contributed by atoms with Crippen molar-refractivity contribution in [2.24, 2.45) is 5.73 Å². The van der Waals surface area contributed by atoms with Gasteiger partial charge in [-0.25, -0.2) is 0 Å². The Morgan fingerprint density at radius 2 is 2.17 bits per heavy atom. The Bertz CT molecular complexity index is 540. The molecule has 0 aliphatic rings. The number of nitrogens with zero attached hydrogens (tertiary/aromatic N) is 2. The monoisotopic (exact) mass is 359 g/mol. The lowest BCUT2D eigenvalue weighted by Gasteiger charge is -2.18.